The summed E-state index contributed by atoms with van der Waals surface area (Å²) >= 11 is 7.40. The summed E-state index contributed by atoms with van der Waals surface area (Å²) in [6, 6.07) is 4.79. The van der Waals surface area contributed by atoms with Crippen molar-refractivity contribution in [3.8, 4) is 0 Å². The SMILES string of the molecule is Cc1nc(NC(=O)c2ccc(N)cc2Cl)sc1C. The molecule has 1 aromatic carbocycles. The second kappa shape index (κ2) is 4.96. The first kappa shape index (κ1) is 12.9. The smallest absolute Gasteiger partial charge is 0.258 e. The number of nitrogens with zero attached hydrogens (tertiary/aromatic N) is 1. The molecule has 1 aromatic heterocycles. The van der Waals surface area contributed by atoms with E-state index in [0.29, 0.717) is 21.4 Å². The van der Waals surface area contributed by atoms with Crippen LogP contribution in [0.5, 0.6) is 0 Å². The van der Waals surface area contributed by atoms with Gasteiger partial charge in [0.1, 0.15) is 0 Å². The van der Waals surface area contributed by atoms with Gasteiger partial charge in [-0.25, -0.2) is 4.98 Å². The molecule has 1 heterocycles. The number of aromatic nitrogens is 1. The lowest BCUT2D eigenvalue weighted by Gasteiger charge is -2.04. The van der Waals surface area contributed by atoms with Crippen molar-refractivity contribution in [1.82, 2.24) is 4.98 Å². The van der Waals surface area contributed by atoms with E-state index >= 15 is 0 Å². The van der Waals surface area contributed by atoms with Crippen LogP contribution in [0.15, 0.2) is 18.2 Å². The van der Waals surface area contributed by atoms with Crippen LogP contribution in [-0.4, -0.2) is 10.9 Å². The number of hydrogen-bond donors (Lipinski definition) is 2. The van der Waals surface area contributed by atoms with Gasteiger partial charge in [-0.1, -0.05) is 11.6 Å². The predicted octanol–water partition coefficient (Wildman–Crippen LogP) is 3.25. The van der Waals surface area contributed by atoms with Crippen molar-refractivity contribution in [1.29, 1.82) is 0 Å². The Morgan fingerprint density at radius 2 is 2.17 bits per heavy atom. The number of hydrogen-bond acceptors (Lipinski definition) is 4. The van der Waals surface area contributed by atoms with E-state index in [1.807, 2.05) is 13.8 Å². The molecule has 0 radical (unpaired) electrons. The van der Waals surface area contributed by atoms with Crippen molar-refractivity contribution in [2.75, 3.05) is 11.1 Å². The second-order valence-electron chi connectivity index (χ2n) is 3.85. The maximum Gasteiger partial charge on any atom is 0.258 e. The molecule has 0 fully saturated rings. The Balaban J connectivity index is 2.22. The van der Waals surface area contributed by atoms with Gasteiger partial charge in [-0.15, -0.1) is 11.3 Å². The van der Waals surface area contributed by atoms with Gasteiger partial charge in [-0.3, -0.25) is 10.1 Å². The second-order valence-corrected chi connectivity index (χ2v) is 5.46. The van der Waals surface area contributed by atoms with Crippen molar-refractivity contribution in [2.24, 2.45) is 0 Å². The van der Waals surface area contributed by atoms with E-state index in [4.69, 9.17) is 17.3 Å². The Kier molecular flexibility index (Phi) is 3.54. The van der Waals surface area contributed by atoms with Gasteiger partial charge in [0.05, 0.1) is 16.3 Å². The van der Waals surface area contributed by atoms with Crippen LogP contribution in [-0.2, 0) is 0 Å². The summed E-state index contributed by atoms with van der Waals surface area (Å²) in [6.45, 7) is 3.86. The number of amides is 1. The molecule has 0 bridgehead atoms. The van der Waals surface area contributed by atoms with Crippen molar-refractivity contribution in [2.45, 2.75) is 13.8 Å². The van der Waals surface area contributed by atoms with Gasteiger partial charge in [-0.05, 0) is 32.0 Å². The number of aryl methyl sites for hydroxylation is 2. The Morgan fingerprint density at radius 3 is 2.72 bits per heavy atom. The van der Waals surface area contributed by atoms with Gasteiger partial charge >= 0.3 is 0 Å². The third-order valence-corrected chi connectivity index (χ3v) is 3.79. The van der Waals surface area contributed by atoms with Gasteiger partial charge in [0.25, 0.3) is 5.91 Å². The Morgan fingerprint density at radius 1 is 1.44 bits per heavy atom. The molecule has 2 aromatic rings. The van der Waals surface area contributed by atoms with E-state index < -0.39 is 0 Å². The number of anilines is 2. The molecule has 0 spiro atoms. The number of nitrogens with one attached hydrogen (secondary N) is 1. The van der Waals surface area contributed by atoms with Gasteiger partial charge in [-0.2, -0.15) is 0 Å². The topological polar surface area (TPSA) is 68.0 Å². The summed E-state index contributed by atoms with van der Waals surface area (Å²) in [4.78, 5) is 17.3. The molecule has 1 amide bonds. The molecule has 6 heteroatoms. The zero-order chi connectivity index (χ0) is 13.3. The van der Waals surface area contributed by atoms with Crippen LogP contribution < -0.4 is 11.1 Å². The number of thiazole rings is 1. The van der Waals surface area contributed by atoms with Gasteiger partial charge in [0, 0.05) is 10.6 Å². The molecular weight excluding hydrogens is 270 g/mol. The molecule has 0 aliphatic heterocycles. The minimum Gasteiger partial charge on any atom is -0.399 e. The van der Waals surface area contributed by atoms with Crippen molar-refractivity contribution in [3.05, 3.63) is 39.4 Å². The van der Waals surface area contributed by atoms with Gasteiger partial charge in [0.2, 0.25) is 0 Å². The molecular formula is C12H12ClN3OS. The summed E-state index contributed by atoms with van der Waals surface area (Å²) < 4.78 is 0. The average molecular weight is 282 g/mol. The number of carbonyl (C=O) groups is 1. The lowest BCUT2D eigenvalue weighted by Crippen LogP contribution is -2.12. The summed E-state index contributed by atoms with van der Waals surface area (Å²) in [5, 5.41) is 3.63. The predicted molar refractivity (Wildman–Crippen MR) is 75.4 cm³/mol. The first-order valence-corrected chi connectivity index (χ1v) is 6.47. The summed E-state index contributed by atoms with van der Waals surface area (Å²) in [6.07, 6.45) is 0. The Labute approximate surface area is 114 Å². The highest BCUT2D eigenvalue weighted by Crippen LogP contribution is 2.24. The molecule has 0 aliphatic carbocycles. The molecule has 0 saturated heterocycles. The highest BCUT2D eigenvalue weighted by atomic mass is 35.5. The summed E-state index contributed by atoms with van der Waals surface area (Å²) in [5.74, 6) is -0.284. The third kappa shape index (κ3) is 2.63. The quantitative estimate of drug-likeness (QED) is 0.830. The summed E-state index contributed by atoms with van der Waals surface area (Å²) in [7, 11) is 0. The van der Waals surface area contributed by atoms with E-state index in [1.54, 1.807) is 18.2 Å². The van der Waals surface area contributed by atoms with Gasteiger partial charge < -0.3 is 5.73 Å². The van der Waals surface area contributed by atoms with Crippen molar-refractivity contribution in [3.63, 3.8) is 0 Å². The fraction of sp³-hybridized carbons (Fsp3) is 0.167. The normalized spacial score (nSPS) is 10.4. The minimum absolute atomic E-state index is 0.284. The van der Waals surface area contributed by atoms with Crippen LogP contribution in [0, 0.1) is 13.8 Å². The van der Waals surface area contributed by atoms with E-state index in [-0.39, 0.29) is 5.91 Å². The number of carbonyl (C=O) groups excluding carboxylic acids is 1. The molecule has 4 nitrogen and oxygen atoms in total. The molecule has 0 aliphatic rings. The van der Waals surface area contributed by atoms with E-state index in [1.165, 1.54) is 11.3 Å². The number of halogens is 1. The zero-order valence-corrected chi connectivity index (χ0v) is 11.5. The average Bonchev–Trinajstić information content (AvgIpc) is 2.57. The van der Waals surface area contributed by atoms with Crippen LogP contribution in [0.25, 0.3) is 0 Å². The number of rotatable bonds is 2. The fourth-order valence-corrected chi connectivity index (χ4v) is 2.49. The fourth-order valence-electron chi connectivity index (χ4n) is 1.41. The standard InChI is InChI=1S/C12H12ClN3OS/c1-6-7(2)18-12(15-6)16-11(17)9-4-3-8(14)5-10(9)13/h3-5H,14H2,1-2H3,(H,15,16,17). The first-order valence-electron chi connectivity index (χ1n) is 5.28. The highest BCUT2D eigenvalue weighted by Gasteiger charge is 2.13. The van der Waals surface area contributed by atoms with E-state index in [0.717, 1.165) is 10.6 Å². The van der Waals surface area contributed by atoms with Crippen LogP contribution >= 0.6 is 22.9 Å². The van der Waals surface area contributed by atoms with Crippen LogP contribution in [0.1, 0.15) is 20.9 Å². The minimum atomic E-state index is -0.284. The summed E-state index contributed by atoms with van der Waals surface area (Å²) in [5.41, 5.74) is 7.40. The molecule has 0 unspecified atom stereocenters. The number of nitrogens with two attached hydrogens (primary N) is 1. The van der Waals surface area contributed by atoms with Gasteiger partial charge in [0.15, 0.2) is 5.13 Å². The lowest BCUT2D eigenvalue weighted by atomic mass is 10.2. The molecule has 0 saturated carbocycles. The molecule has 94 valence electrons. The highest BCUT2D eigenvalue weighted by molar-refractivity contribution is 7.15. The van der Waals surface area contributed by atoms with Crippen molar-refractivity contribution < 1.29 is 4.79 Å². The largest absolute Gasteiger partial charge is 0.399 e. The van der Waals surface area contributed by atoms with E-state index in [2.05, 4.69) is 10.3 Å². The lowest BCUT2D eigenvalue weighted by molar-refractivity contribution is 0.102. The monoisotopic (exact) mass is 281 g/mol. The molecule has 3 N–H and O–H groups in total. The number of nitrogen functional groups attached to an aromatic ring is 1. The molecule has 18 heavy (non-hydrogen) atoms. The number of benzene rings is 1. The Bertz CT molecular complexity index is 590. The van der Waals surface area contributed by atoms with Crippen LogP contribution in [0.3, 0.4) is 0 Å². The maximum atomic E-state index is 12.0. The van der Waals surface area contributed by atoms with E-state index in [9.17, 15) is 4.79 Å². The maximum absolute atomic E-state index is 12.0. The van der Waals surface area contributed by atoms with Crippen molar-refractivity contribution >= 4 is 39.7 Å². The van der Waals surface area contributed by atoms with Crippen LogP contribution in [0.2, 0.25) is 5.02 Å². The van der Waals surface area contributed by atoms with Crippen LogP contribution in [0.4, 0.5) is 10.8 Å². The zero-order valence-electron chi connectivity index (χ0n) is 9.95. The first-order chi connectivity index (χ1) is 8.47. The molecule has 2 rings (SSSR count). The third-order valence-electron chi connectivity index (χ3n) is 2.49. The Hall–Kier alpha value is -1.59. The molecule has 0 atom stereocenters.